The van der Waals surface area contributed by atoms with E-state index in [0.717, 1.165) is 12.8 Å². The Bertz CT molecular complexity index is 917. The summed E-state index contributed by atoms with van der Waals surface area (Å²) in [6.07, 6.45) is 2.97. The summed E-state index contributed by atoms with van der Waals surface area (Å²) in [5.41, 5.74) is 0.891. The number of carbonyl (C=O) groups is 3. The van der Waals surface area contributed by atoms with Gasteiger partial charge < -0.3 is 15.0 Å². The first-order valence-corrected chi connectivity index (χ1v) is 9.87. The summed E-state index contributed by atoms with van der Waals surface area (Å²) in [4.78, 5) is 38.5. The highest BCUT2D eigenvalue weighted by molar-refractivity contribution is 5.96. The van der Waals surface area contributed by atoms with Crippen molar-refractivity contribution in [3.05, 3.63) is 65.5 Å². The van der Waals surface area contributed by atoms with Crippen molar-refractivity contribution >= 4 is 23.5 Å². The molecule has 0 atom stereocenters. The highest BCUT2D eigenvalue weighted by Crippen LogP contribution is 2.42. The van der Waals surface area contributed by atoms with Crippen molar-refractivity contribution in [3.63, 3.8) is 0 Å². The van der Waals surface area contributed by atoms with E-state index >= 15 is 0 Å². The van der Waals surface area contributed by atoms with E-state index in [1.807, 2.05) is 0 Å². The van der Waals surface area contributed by atoms with Crippen molar-refractivity contribution < 1.29 is 23.5 Å². The number of carbonyl (C=O) groups excluding carboxylic acids is 3. The monoisotopic (exact) mass is 412 g/mol. The smallest absolute Gasteiger partial charge is 0.317 e. The van der Waals surface area contributed by atoms with Gasteiger partial charge in [0.05, 0.1) is 5.41 Å². The van der Waals surface area contributed by atoms with E-state index in [-0.39, 0.29) is 11.7 Å². The molecule has 6 nitrogen and oxygen atoms in total. The molecule has 0 radical (unpaired) electrons. The number of rotatable bonds is 6. The van der Waals surface area contributed by atoms with Gasteiger partial charge in [-0.15, -0.1) is 0 Å². The Hall–Kier alpha value is -3.22. The average Bonchev–Trinajstić information content (AvgIpc) is 3.23. The number of nitrogens with zero attached hydrogens (tertiary/aromatic N) is 1. The second-order valence-electron chi connectivity index (χ2n) is 7.70. The van der Waals surface area contributed by atoms with E-state index in [1.54, 1.807) is 50.5 Å². The Morgan fingerprint density at radius 3 is 2.17 bits per heavy atom. The fourth-order valence-corrected chi connectivity index (χ4v) is 3.78. The maximum absolute atomic E-state index is 13.3. The lowest BCUT2D eigenvalue weighted by atomic mass is 9.79. The Morgan fingerprint density at radius 1 is 1.00 bits per heavy atom. The van der Waals surface area contributed by atoms with Crippen LogP contribution in [0.5, 0.6) is 0 Å². The van der Waals surface area contributed by atoms with E-state index in [2.05, 4.69) is 5.32 Å². The van der Waals surface area contributed by atoms with Crippen LogP contribution in [-0.2, 0) is 19.7 Å². The van der Waals surface area contributed by atoms with Gasteiger partial charge in [-0.25, -0.2) is 4.39 Å². The molecule has 0 saturated heterocycles. The van der Waals surface area contributed by atoms with Crippen molar-refractivity contribution in [1.29, 1.82) is 0 Å². The lowest BCUT2D eigenvalue weighted by Gasteiger charge is -2.27. The molecule has 3 rings (SSSR count). The Morgan fingerprint density at radius 2 is 1.60 bits per heavy atom. The third-order valence-corrected chi connectivity index (χ3v) is 5.40. The fraction of sp³-hybridized carbons (Fsp3) is 0.348. The first kappa shape index (κ1) is 21.5. The van der Waals surface area contributed by atoms with E-state index in [1.165, 1.54) is 17.0 Å². The first-order chi connectivity index (χ1) is 14.3. The summed E-state index contributed by atoms with van der Waals surface area (Å²) in [6.45, 7) is -0.417. The molecule has 30 heavy (non-hydrogen) atoms. The summed E-state index contributed by atoms with van der Waals surface area (Å²) in [5, 5.41) is 2.65. The van der Waals surface area contributed by atoms with E-state index < -0.39 is 23.9 Å². The number of amides is 2. The van der Waals surface area contributed by atoms with Gasteiger partial charge in [-0.1, -0.05) is 25.0 Å². The molecule has 2 amide bonds. The standard InChI is InChI=1S/C23H25FN2O4/c1-26(2)21(28)16-5-11-19(12-6-16)25-20(27)15-30-22(29)23(13-3-4-14-23)17-7-9-18(24)10-8-17/h5-12H,3-4,13-15H2,1-2H3,(H,25,27). The lowest BCUT2D eigenvalue weighted by Crippen LogP contribution is -2.36. The molecule has 0 bridgehead atoms. The molecule has 1 aliphatic carbocycles. The number of ether oxygens (including phenoxy) is 1. The molecule has 1 N–H and O–H groups in total. The van der Waals surface area contributed by atoms with Crippen LogP contribution in [-0.4, -0.2) is 43.4 Å². The van der Waals surface area contributed by atoms with Gasteiger partial charge in [0.25, 0.3) is 11.8 Å². The van der Waals surface area contributed by atoms with Crippen LogP contribution < -0.4 is 5.32 Å². The maximum Gasteiger partial charge on any atom is 0.317 e. The normalized spacial score (nSPS) is 14.8. The van der Waals surface area contributed by atoms with Gasteiger partial charge in [-0.2, -0.15) is 0 Å². The molecule has 1 saturated carbocycles. The number of halogens is 1. The molecule has 1 fully saturated rings. The van der Waals surface area contributed by atoms with Crippen LogP contribution in [0.1, 0.15) is 41.6 Å². The van der Waals surface area contributed by atoms with Crippen LogP contribution in [0, 0.1) is 5.82 Å². The van der Waals surface area contributed by atoms with E-state index in [9.17, 15) is 18.8 Å². The first-order valence-electron chi connectivity index (χ1n) is 9.87. The molecule has 0 unspecified atom stereocenters. The van der Waals surface area contributed by atoms with Gasteiger partial charge in [-0.3, -0.25) is 14.4 Å². The number of hydrogen-bond acceptors (Lipinski definition) is 4. The van der Waals surface area contributed by atoms with Crippen molar-refractivity contribution in [2.75, 3.05) is 26.0 Å². The summed E-state index contributed by atoms with van der Waals surface area (Å²) in [6, 6.07) is 12.4. The number of nitrogens with one attached hydrogen (secondary N) is 1. The highest BCUT2D eigenvalue weighted by atomic mass is 19.1. The van der Waals surface area contributed by atoms with Crippen molar-refractivity contribution in [3.8, 4) is 0 Å². The topological polar surface area (TPSA) is 75.7 Å². The number of hydrogen-bond donors (Lipinski definition) is 1. The van der Waals surface area contributed by atoms with Crippen molar-refractivity contribution in [1.82, 2.24) is 4.90 Å². The van der Waals surface area contributed by atoms with Crippen LogP contribution in [0.2, 0.25) is 0 Å². The predicted octanol–water partition coefficient (Wildman–Crippen LogP) is 3.52. The molecule has 7 heteroatoms. The number of anilines is 1. The zero-order valence-corrected chi connectivity index (χ0v) is 17.1. The summed E-state index contributed by atoms with van der Waals surface area (Å²) in [5.74, 6) is -1.43. The van der Waals surface area contributed by atoms with Gasteiger partial charge >= 0.3 is 5.97 Å². The molecular formula is C23H25FN2O4. The van der Waals surface area contributed by atoms with E-state index in [0.29, 0.717) is 29.7 Å². The number of benzene rings is 2. The molecule has 2 aromatic carbocycles. The predicted molar refractivity (Wildman–Crippen MR) is 111 cm³/mol. The Kier molecular flexibility index (Phi) is 6.50. The summed E-state index contributed by atoms with van der Waals surface area (Å²) in [7, 11) is 3.32. The molecule has 0 aromatic heterocycles. The molecular weight excluding hydrogens is 387 g/mol. The molecule has 1 aliphatic rings. The molecule has 0 aliphatic heterocycles. The minimum Gasteiger partial charge on any atom is -0.455 e. The zero-order chi connectivity index (χ0) is 21.7. The lowest BCUT2D eigenvalue weighted by molar-refractivity contribution is -0.153. The third-order valence-electron chi connectivity index (χ3n) is 5.40. The quantitative estimate of drug-likeness (QED) is 0.737. The van der Waals surface area contributed by atoms with E-state index in [4.69, 9.17) is 4.74 Å². The average molecular weight is 412 g/mol. The largest absolute Gasteiger partial charge is 0.455 e. The molecule has 0 heterocycles. The van der Waals surface area contributed by atoms with Crippen molar-refractivity contribution in [2.45, 2.75) is 31.1 Å². The Labute approximate surface area is 175 Å². The highest BCUT2D eigenvalue weighted by Gasteiger charge is 2.44. The van der Waals surface area contributed by atoms with Gasteiger partial charge in [0.1, 0.15) is 5.82 Å². The summed E-state index contributed by atoms with van der Waals surface area (Å²) >= 11 is 0. The third kappa shape index (κ3) is 4.67. The van der Waals surface area contributed by atoms with Gasteiger partial charge in [0, 0.05) is 25.3 Å². The summed E-state index contributed by atoms with van der Waals surface area (Å²) < 4.78 is 18.6. The maximum atomic E-state index is 13.3. The second-order valence-corrected chi connectivity index (χ2v) is 7.70. The molecule has 158 valence electrons. The van der Waals surface area contributed by atoms with Crippen LogP contribution in [0.3, 0.4) is 0 Å². The van der Waals surface area contributed by atoms with Crippen LogP contribution in [0.15, 0.2) is 48.5 Å². The van der Waals surface area contributed by atoms with Crippen LogP contribution >= 0.6 is 0 Å². The van der Waals surface area contributed by atoms with Gasteiger partial charge in [0.2, 0.25) is 0 Å². The number of esters is 1. The second kappa shape index (κ2) is 9.07. The van der Waals surface area contributed by atoms with Gasteiger partial charge in [-0.05, 0) is 54.8 Å². The molecule has 2 aromatic rings. The van der Waals surface area contributed by atoms with Gasteiger partial charge in [0.15, 0.2) is 6.61 Å². The minimum atomic E-state index is -0.831. The van der Waals surface area contributed by atoms with Crippen LogP contribution in [0.25, 0.3) is 0 Å². The fourth-order valence-electron chi connectivity index (χ4n) is 3.78. The van der Waals surface area contributed by atoms with Crippen molar-refractivity contribution in [2.24, 2.45) is 0 Å². The Balaban J connectivity index is 1.60. The van der Waals surface area contributed by atoms with Crippen LogP contribution in [0.4, 0.5) is 10.1 Å². The zero-order valence-electron chi connectivity index (χ0n) is 17.1. The molecule has 0 spiro atoms. The SMILES string of the molecule is CN(C)C(=O)c1ccc(NC(=O)COC(=O)C2(c3ccc(F)cc3)CCCC2)cc1. The minimum absolute atomic E-state index is 0.135.